The minimum absolute atomic E-state index is 0.232. The molecule has 0 saturated heterocycles. The summed E-state index contributed by atoms with van der Waals surface area (Å²) in [4.78, 5) is 17.2. The first kappa shape index (κ1) is 21.6. The van der Waals surface area contributed by atoms with Crippen LogP contribution in [0.2, 0.25) is 10.0 Å². The third kappa shape index (κ3) is 5.51. The number of amides is 1. The van der Waals surface area contributed by atoms with E-state index >= 15 is 0 Å². The third-order valence-electron chi connectivity index (χ3n) is 4.02. The van der Waals surface area contributed by atoms with Crippen molar-refractivity contribution in [2.75, 3.05) is 26.9 Å². The molecule has 1 amide bonds. The highest BCUT2D eigenvalue weighted by Gasteiger charge is 2.10. The Bertz CT molecular complexity index is 1080. The molecule has 0 bridgehead atoms. The van der Waals surface area contributed by atoms with Crippen LogP contribution < -0.4 is 14.3 Å². The molecule has 3 aromatic rings. The van der Waals surface area contributed by atoms with Crippen LogP contribution in [0.25, 0.3) is 10.2 Å². The Morgan fingerprint density at radius 2 is 2.03 bits per heavy atom. The number of thiazole rings is 1. The van der Waals surface area contributed by atoms with Gasteiger partial charge in [0.15, 0.2) is 11.4 Å². The number of hydrogen-bond acceptors (Lipinski definition) is 5. The minimum Gasteiger partial charge on any atom is -0.497 e. The van der Waals surface area contributed by atoms with Gasteiger partial charge in [-0.05, 0) is 43.3 Å². The number of aromatic nitrogens is 1. The molecule has 3 rings (SSSR count). The van der Waals surface area contributed by atoms with E-state index in [1.54, 1.807) is 25.3 Å². The molecule has 0 fully saturated rings. The van der Waals surface area contributed by atoms with Crippen molar-refractivity contribution in [2.45, 2.75) is 13.5 Å². The monoisotopic (exact) mass is 454 g/mol. The second-order valence-electron chi connectivity index (χ2n) is 5.94. The maximum Gasteiger partial charge on any atom is 0.286 e. The molecule has 154 valence electrons. The third-order valence-corrected chi connectivity index (χ3v) is 5.59. The fraction of sp³-hybridized carbons (Fsp3) is 0.300. The van der Waals surface area contributed by atoms with Crippen molar-refractivity contribution < 1.29 is 19.0 Å². The van der Waals surface area contributed by atoms with E-state index < -0.39 is 5.91 Å². The quantitative estimate of drug-likeness (QED) is 0.468. The number of carbonyl (C=O) groups is 1. The van der Waals surface area contributed by atoms with E-state index in [4.69, 9.17) is 37.4 Å². The van der Waals surface area contributed by atoms with E-state index in [1.165, 1.54) is 11.3 Å². The summed E-state index contributed by atoms with van der Waals surface area (Å²) >= 11 is 13.4. The van der Waals surface area contributed by atoms with Gasteiger partial charge in [-0.25, -0.2) is 0 Å². The largest absolute Gasteiger partial charge is 0.497 e. The minimum atomic E-state index is -0.417. The Hall–Kier alpha value is -2.06. The summed E-state index contributed by atoms with van der Waals surface area (Å²) in [5, 5.41) is 0.834. The average Bonchev–Trinajstić information content (AvgIpc) is 3.03. The summed E-state index contributed by atoms with van der Waals surface area (Å²) in [6.45, 7) is 3.43. The van der Waals surface area contributed by atoms with E-state index in [0.717, 1.165) is 16.0 Å². The molecule has 2 aromatic carbocycles. The molecule has 0 N–H and O–H groups in total. The van der Waals surface area contributed by atoms with E-state index in [1.807, 2.05) is 29.7 Å². The molecular formula is C20H20Cl2N2O4S. The predicted octanol–water partition coefficient (Wildman–Crippen LogP) is 4.56. The lowest BCUT2D eigenvalue weighted by Crippen LogP contribution is -2.21. The van der Waals surface area contributed by atoms with E-state index in [9.17, 15) is 4.79 Å². The molecule has 6 nitrogen and oxygen atoms in total. The topological polar surface area (TPSA) is 62.1 Å². The van der Waals surface area contributed by atoms with Gasteiger partial charge in [0.25, 0.3) is 5.91 Å². The number of hydrogen-bond donors (Lipinski definition) is 0. The molecule has 0 radical (unpaired) electrons. The maximum absolute atomic E-state index is 12.4. The van der Waals surface area contributed by atoms with E-state index in [0.29, 0.717) is 40.4 Å². The highest BCUT2D eigenvalue weighted by atomic mass is 35.5. The lowest BCUT2D eigenvalue weighted by Gasteiger charge is -2.07. The molecule has 9 heteroatoms. The van der Waals surface area contributed by atoms with Crippen molar-refractivity contribution in [3.05, 3.63) is 51.2 Å². The average molecular weight is 455 g/mol. The maximum atomic E-state index is 12.4. The van der Waals surface area contributed by atoms with E-state index in [2.05, 4.69) is 4.99 Å². The van der Waals surface area contributed by atoms with Gasteiger partial charge in [-0.3, -0.25) is 4.79 Å². The van der Waals surface area contributed by atoms with Crippen molar-refractivity contribution in [3.8, 4) is 11.5 Å². The second-order valence-corrected chi connectivity index (χ2v) is 7.79. The molecule has 0 unspecified atom stereocenters. The zero-order valence-corrected chi connectivity index (χ0v) is 18.3. The second kappa shape index (κ2) is 10.1. The molecule has 0 atom stereocenters. The lowest BCUT2D eigenvalue weighted by atomic mass is 10.3. The molecular weight excluding hydrogens is 435 g/mol. The number of nitrogens with zero attached hydrogens (tertiary/aromatic N) is 2. The zero-order valence-electron chi connectivity index (χ0n) is 16.0. The number of rotatable bonds is 8. The Labute approximate surface area is 182 Å². The highest BCUT2D eigenvalue weighted by Crippen LogP contribution is 2.27. The van der Waals surface area contributed by atoms with Gasteiger partial charge in [0.1, 0.15) is 11.5 Å². The van der Waals surface area contributed by atoms with Crippen LogP contribution >= 0.6 is 34.5 Å². The lowest BCUT2D eigenvalue weighted by molar-refractivity contribution is -0.120. The first-order valence-corrected chi connectivity index (χ1v) is 10.5. The smallest absolute Gasteiger partial charge is 0.286 e. The molecule has 0 saturated carbocycles. The fourth-order valence-corrected chi connectivity index (χ4v) is 4.22. The van der Waals surface area contributed by atoms with Gasteiger partial charge in [0.05, 0.1) is 29.0 Å². The van der Waals surface area contributed by atoms with Crippen molar-refractivity contribution >= 4 is 50.7 Å². The standard InChI is InChI=1S/C20H20Cl2N2O4S/c1-3-27-9-8-24-16-6-5-14(26-2)11-18(16)29-20(24)23-19(25)12-28-17-7-4-13(21)10-15(17)22/h4-7,10-11H,3,8-9,12H2,1-2H3. The summed E-state index contributed by atoms with van der Waals surface area (Å²) in [6, 6.07) is 10.6. The number of methoxy groups -OCH3 is 1. The van der Waals surface area contributed by atoms with Gasteiger partial charge in [-0.1, -0.05) is 34.5 Å². The number of fused-ring (bicyclic) bond motifs is 1. The zero-order chi connectivity index (χ0) is 20.8. The normalized spacial score (nSPS) is 11.8. The summed E-state index contributed by atoms with van der Waals surface area (Å²) < 4.78 is 19.2. The van der Waals surface area contributed by atoms with Gasteiger partial charge in [-0.15, -0.1) is 0 Å². The number of ether oxygens (including phenoxy) is 3. The van der Waals surface area contributed by atoms with Gasteiger partial charge < -0.3 is 18.8 Å². The summed E-state index contributed by atoms with van der Waals surface area (Å²) in [5.41, 5.74) is 0.962. The molecule has 1 aromatic heterocycles. The summed E-state index contributed by atoms with van der Waals surface area (Å²) in [7, 11) is 1.62. The Morgan fingerprint density at radius 3 is 2.76 bits per heavy atom. The molecule has 0 aliphatic rings. The van der Waals surface area contributed by atoms with Crippen LogP contribution in [-0.2, 0) is 16.1 Å². The van der Waals surface area contributed by atoms with Crippen LogP contribution in [0.1, 0.15) is 6.92 Å². The Morgan fingerprint density at radius 1 is 1.21 bits per heavy atom. The number of benzene rings is 2. The Balaban J connectivity index is 1.86. The van der Waals surface area contributed by atoms with Crippen molar-refractivity contribution in [3.63, 3.8) is 0 Å². The van der Waals surface area contributed by atoms with Crippen LogP contribution in [0.3, 0.4) is 0 Å². The predicted molar refractivity (Wildman–Crippen MR) is 115 cm³/mol. The van der Waals surface area contributed by atoms with Gasteiger partial charge in [-0.2, -0.15) is 4.99 Å². The van der Waals surface area contributed by atoms with Crippen LogP contribution in [0, 0.1) is 0 Å². The van der Waals surface area contributed by atoms with Crippen LogP contribution in [0.15, 0.2) is 41.4 Å². The van der Waals surface area contributed by atoms with Gasteiger partial charge >= 0.3 is 0 Å². The molecule has 1 heterocycles. The molecule has 0 aliphatic heterocycles. The van der Waals surface area contributed by atoms with Gasteiger partial charge in [0, 0.05) is 18.2 Å². The highest BCUT2D eigenvalue weighted by molar-refractivity contribution is 7.16. The van der Waals surface area contributed by atoms with Gasteiger partial charge in [0.2, 0.25) is 0 Å². The fourth-order valence-electron chi connectivity index (χ4n) is 2.65. The van der Waals surface area contributed by atoms with E-state index in [-0.39, 0.29) is 6.61 Å². The van der Waals surface area contributed by atoms with Crippen LogP contribution in [0.5, 0.6) is 11.5 Å². The first-order chi connectivity index (χ1) is 14.0. The van der Waals surface area contributed by atoms with Crippen molar-refractivity contribution in [2.24, 2.45) is 4.99 Å². The first-order valence-electron chi connectivity index (χ1n) is 8.92. The van der Waals surface area contributed by atoms with Crippen molar-refractivity contribution in [1.82, 2.24) is 4.57 Å². The number of halogens is 2. The molecule has 0 spiro atoms. The molecule has 29 heavy (non-hydrogen) atoms. The summed E-state index contributed by atoms with van der Waals surface area (Å²) in [6.07, 6.45) is 0. The Kier molecular flexibility index (Phi) is 7.55. The van der Waals surface area contributed by atoms with Crippen LogP contribution in [0.4, 0.5) is 0 Å². The summed E-state index contributed by atoms with van der Waals surface area (Å²) in [5.74, 6) is 0.707. The number of carbonyl (C=O) groups excluding carboxylic acids is 1. The SMILES string of the molecule is CCOCCn1c(=NC(=O)COc2ccc(Cl)cc2Cl)sc2cc(OC)ccc21. The van der Waals surface area contributed by atoms with Crippen LogP contribution in [-0.4, -0.2) is 37.4 Å². The van der Waals surface area contributed by atoms with Crippen molar-refractivity contribution in [1.29, 1.82) is 0 Å². The molecule has 0 aliphatic carbocycles.